The zero-order valence-corrected chi connectivity index (χ0v) is 15.7. The molecular weight excluding hydrogens is 348 g/mol. The molecule has 0 aromatic heterocycles. The summed E-state index contributed by atoms with van der Waals surface area (Å²) < 4.78 is 10.6. The molecule has 0 aliphatic heterocycles. The predicted octanol–water partition coefficient (Wildman–Crippen LogP) is 3.71. The Balaban J connectivity index is 1.81. The van der Waals surface area contributed by atoms with Gasteiger partial charge in [-0.05, 0) is 66.7 Å². The Kier molecular flexibility index (Phi) is 7.17. The SMILES string of the molecule is C=C(C)COc1ccc(NC(=S)NC(=O)Cc2ccc(OC)cc2)cc1. The van der Waals surface area contributed by atoms with Crippen molar-refractivity contribution < 1.29 is 14.3 Å². The molecule has 2 aromatic carbocycles. The number of carbonyl (C=O) groups is 1. The van der Waals surface area contributed by atoms with Crippen LogP contribution in [0.25, 0.3) is 0 Å². The van der Waals surface area contributed by atoms with Crippen LogP contribution >= 0.6 is 12.2 Å². The van der Waals surface area contributed by atoms with Crippen molar-refractivity contribution in [3.8, 4) is 11.5 Å². The van der Waals surface area contributed by atoms with Crippen LogP contribution in [0, 0.1) is 0 Å². The minimum absolute atomic E-state index is 0.186. The highest BCUT2D eigenvalue weighted by atomic mass is 32.1. The van der Waals surface area contributed by atoms with E-state index in [1.54, 1.807) is 7.11 Å². The van der Waals surface area contributed by atoms with E-state index in [0.29, 0.717) is 6.61 Å². The number of carbonyl (C=O) groups excluding carboxylic acids is 1. The van der Waals surface area contributed by atoms with Gasteiger partial charge in [-0.25, -0.2) is 0 Å². The van der Waals surface area contributed by atoms with E-state index in [9.17, 15) is 4.79 Å². The summed E-state index contributed by atoms with van der Waals surface area (Å²) in [5, 5.41) is 5.89. The zero-order chi connectivity index (χ0) is 18.9. The van der Waals surface area contributed by atoms with Crippen LogP contribution in [0.1, 0.15) is 12.5 Å². The number of rotatable bonds is 7. The number of nitrogens with one attached hydrogen (secondary N) is 2. The highest BCUT2D eigenvalue weighted by Crippen LogP contribution is 2.16. The van der Waals surface area contributed by atoms with Crippen molar-refractivity contribution in [2.75, 3.05) is 19.0 Å². The molecule has 0 atom stereocenters. The molecule has 0 bridgehead atoms. The zero-order valence-electron chi connectivity index (χ0n) is 14.9. The minimum atomic E-state index is -0.186. The van der Waals surface area contributed by atoms with Crippen LogP contribution < -0.4 is 20.1 Å². The maximum Gasteiger partial charge on any atom is 0.230 e. The molecule has 136 valence electrons. The first-order valence-electron chi connectivity index (χ1n) is 8.07. The van der Waals surface area contributed by atoms with Gasteiger partial charge in [0.15, 0.2) is 5.11 Å². The topological polar surface area (TPSA) is 59.6 Å². The molecule has 1 amide bonds. The standard InChI is InChI=1S/C20H22N2O3S/c1-14(2)13-25-18-10-6-16(7-11-18)21-20(26)22-19(23)12-15-4-8-17(24-3)9-5-15/h4-11H,1,12-13H2,2-3H3,(H2,21,22,23,26). The molecule has 2 N–H and O–H groups in total. The van der Waals surface area contributed by atoms with Crippen molar-refractivity contribution in [2.24, 2.45) is 0 Å². The minimum Gasteiger partial charge on any atom is -0.497 e. The van der Waals surface area contributed by atoms with Crippen molar-refractivity contribution >= 4 is 28.9 Å². The lowest BCUT2D eigenvalue weighted by atomic mass is 10.1. The van der Waals surface area contributed by atoms with Crippen LogP contribution in [0.15, 0.2) is 60.7 Å². The summed E-state index contributed by atoms with van der Waals surface area (Å²) in [6.45, 7) is 6.18. The molecule has 0 radical (unpaired) electrons. The van der Waals surface area contributed by atoms with E-state index in [1.807, 2.05) is 55.5 Å². The van der Waals surface area contributed by atoms with Gasteiger partial charge < -0.3 is 20.1 Å². The summed E-state index contributed by atoms with van der Waals surface area (Å²) in [4.78, 5) is 12.1. The molecular formula is C20H22N2O3S. The molecule has 0 spiro atoms. The normalized spacial score (nSPS) is 9.92. The molecule has 0 aliphatic carbocycles. The van der Waals surface area contributed by atoms with E-state index in [2.05, 4.69) is 17.2 Å². The van der Waals surface area contributed by atoms with E-state index in [1.165, 1.54) is 0 Å². The fourth-order valence-electron chi connectivity index (χ4n) is 2.10. The van der Waals surface area contributed by atoms with Gasteiger partial charge in [0, 0.05) is 5.69 Å². The van der Waals surface area contributed by atoms with Crippen molar-refractivity contribution in [3.63, 3.8) is 0 Å². The predicted molar refractivity (Wildman–Crippen MR) is 108 cm³/mol. The van der Waals surface area contributed by atoms with Gasteiger partial charge in [-0.3, -0.25) is 4.79 Å². The summed E-state index contributed by atoms with van der Waals surface area (Å²) in [5.74, 6) is 1.31. The maximum atomic E-state index is 12.1. The molecule has 26 heavy (non-hydrogen) atoms. The van der Waals surface area contributed by atoms with Crippen molar-refractivity contribution in [1.82, 2.24) is 5.32 Å². The molecule has 2 aromatic rings. The second-order valence-corrected chi connectivity index (χ2v) is 6.21. The molecule has 0 heterocycles. The summed E-state index contributed by atoms with van der Waals surface area (Å²) in [6.07, 6.45) is 0.236. The molecule has 5 nitrogen and oxygen atoms in total. The third-order valence-electron chi connectivity index (χ3n) is 3.37. The second-order valence-electron chi connectivity index (χ2n) is 5.80. The average molecular weight is 370 g/mol. The molecule has 6 heteroatoms. The van der Waals surface area contributed by atoms with E-state index >= 15 is 0 Å². The average Bonchev–Trinajstić information content (AvgIpc) is 2.61. The third kappa shape index (κ3) is 6.57. The van der Waals surface area contributed by atoms with Crippen LogP contribution in [0.5, 0.6) is 11.5 Å². The molecule has 0 saturated heterocycles. The van der Waals surface area contributed by atoms with Gasteiger partial charge in [-0.15, -0.1) is 0 Å². The Hall–Kier alpha value is -2.86. The van der Waals surface area contributed by atoms with Gasteiger partial charge >= 0.3 is 0 Å². The molecule has 0 saturated carbocycles. The van der Waals surface area contributed by atoms with Gasteiger partial charge in [0.2, 0.25) is 5.91 Å². The number of ether oxygens (including phenoxy) is 2. The lowest BCUT2D eigenvalue weighted by Crippen LogP contribution is -2.35. The van der Waals surface area contributed by atoms with Gasteiger partial charge in [0.25, 0.3) is 0 Å². The van der Waals surface area contributed by atoms with E-state index in [0.717, 1.165) is 28.3 Å². The van der Waals surface area contributed by atoms with Crippen LogP contribution in [0.2, 0.25) is 0 Å². The molecule has 2 rings (SSSR count). The quantitative estimate of drug-likeness (QED) is 0.575. The lowest BCUT2D eigenvalue weighted by molar-refractivity contribution is -0.119. The fraction of sp³-hybridized carbons (Fsp3) is 0.200. The molecule has 0 unspecified atom stereocenters. The monoisotopic (exact) mass is 370 g/mol. The van der Waals surface area contributed by atoms with Gasteiger partial charge in [-0.1, -0.05) is 18.7 Å². The van der Waals surface area contributed by atoms with Crippen molar-refractivity contribution in [3.05, 3.63) is 66.2 Å². The Morgan fingerprint density at radius 1 is 1.08 bits per heavy atom. The van der Waals surface area contributed by atoms with Gasteiger partial charge in [0.05, 0.1) is 13.5 Å². The fourth-order valence-corrected chi connectivity index (χ4v) is 2.33. The molecule has 0 aliphatic rings. The number of hydrogen-bond acceptors (Lipinski definition) is 4. The number of thiocarbonyl (C=S) groups is 1. The number of amides is 1. The second kappa shape index (κ2) is 9.58. The number of benzene rings is 2. The Morgan fingerprint density at radius 2 is 1.69 bits per heavy atom. The highest BCUT2D eigenvalue weighted by Gasteiger charge is 2.07. The Bertz CT molecular complexity index is 771. The van der Waals surface area contributed by atoms with Gasteiger partial charge in [0.1, 0.15) is 18.1 Å². The first-order chi connectivity index (χ1) is 12.5. The summed E-state index contributed by atoms with van der Waals surface area (Å²) in [6, 6.07) is 14.6. The summed E-state index contributed by atoms with van der Waals surface area (Å²) in [7, 11) is 1.60. The number of methoxy groups -OCH3 is 1. The first-order valence-corrected chi connectivity index (χ1v) is 8.48. The maximum absolute atomic E-state index is 12.1. The summed E-state index contributed by atoms with van der Waals surface area (Å²) >= 11 is 5.18. The Labute approximate surface area is 159 Å². The number of anilines is 1. The largest absolute Gasteiger partial charge is 0.497 e. The van der Waals surface area contributed by atoms with E-state index < -0.39 is 0 Å². The van der Waals surface area contributed by atoms with E-state index in [-0.39, 0.29) is 17.4 Å². The lowest BCUT2D eigenvalue weighted by Gasteiger charge is -2.11. The van der Waals surface area contributed by atoms with Crippen LogP contribution in [-0.2, 0) is 11.2 Å². The third-order valence-corrected chi connectivity index (χ3v) is 3.58. The summed E-state index contributed by atoms with van der Waals surface area (Å²) in [5.41, 5.74) is 2.60. The smallest absolute Gasteiger partial charge is 0.230 e. The van der Waals surface area contributed by atoms with Crippen molar-refractivity contribution in [1.29, 1.82) is 0 Å². The van der Waals surface area contributed by atoms with Crippen LogP contribution in [0.4, 0.5) is 5.69 Å². The first kappa shape index (κ1) is 19.5. The van der Waals surface area contributed by atoms with Crippen LogP contribution in [0.3, 0.4) is 0 Å². The van der Waals surface area contributed by atoms with Gasteiger partial charge in [-0.2, -0.15) is 0 Å². The Morgan fingerprint density at radius 3 is 2.27 bits per heavy atom. The van der Waals surface area contributed by atoms with E-state index in [4.69, 9.17) is 21.7 Å². The van der Waals surface area contributed by atoms with Crippen molar-refractivity contribution in [2.45, 2.75) is 13.3 Å². The highest BCUT2D eigenvalue weighted by molar-refractivity contribution is 7.80. The van der Waals surface area contributed by atoms with Crippen LogP contribution in [-0.4, -0.2) is 24.7 Å². The molecule has 0 fully saturated rings. The number of hydrogen-bond donors (Lipinski definition) is 2.